The first-order valence-corrected chi connectivity index (χ1v) is 10.2. The zero-order valence-electron chi connectivity index (χ0n) is 16.2. The third-order valence-electron chi connectivity index (χ3n) is 4.95. The van der Waals surface area contributed by atoms with Gasteiger partial charge in [0.1, 0.15) is 11.2 Å². The van der Waals surface area contributed by atoms with Crippen LogP contribution in [0.5, 0.6) is 0 Å². The zero-order chi connectivity index (χ0) is 19.7. The number of piperidine rings is 1. The molecule has 2 amide bonds. The quantitative estimate of drug-likeness (QED) is 0.708. The first-order chi connectivity index (χ1) is 12.7. The van der Waals surface area contributed by atoms with Crippen molar-refractivity contribution in [2.75, 3.05) is 26.2 Å². The highest BCUT2D eigenvalue weighted by atomic mass is 79.9. The Morgan fingerprint density at radius 3 is 2.44 bits per heavy atom. The van der Waals surface area contributed by atoms with Crippen molar-refractivity contribution < 1.29 is 19.1 Å². The fourth-order valence-electron chi connectivity index (χ4n) is 3.46. The average Bonchev–Trinajstić information content (AvgIpc) is 2.88. The second-order valence-corrected chi connectivity index (χ2v) is 9.23. The number of carbonyl (C=O) groups excluding carboxylic acids is 2. The van der Waals surface area contributed by atoms with Crippen LogP contribution < -0.4 is 0 Å². The van der Waals surface area contributed by atoms with Gasteiger partial charge in [0, 0.05) is 36.9 Å². The molecule has 0 N–H and O–H groups in total. The molecular weight excluding hydrogens is 412 g/mol. The van der Waals surface area contributed by atoms with Crippen LogP contribution in [0.15, 0.2) is 28.7 Å². The van der Waals surface area contributed by atoms with Gasteiger partial charge in [-0.25, -0.2) is 9.59 Å². The van der Waals surface area contributed by atoms with Crippen molar-refractivity contribution in [3.8, 4) is 0 Å². The Morgan fingerprint density at radius 2 is 1.85 bits per heavy atom. The van der Waals surface area contributed by atoms with Crippen LogP contribution in [0.2, 0.25) is 0 Å². The normalized spacial score (nSPS) is 19.3. The van der Waals surface area contributed by atoms with Gasteiger partial charge in [0.15, 0.2) is 0 Å². The molecule has 2 heterocycles. The van der Waals surface area contributed by atoms with E-state index in [-0.39, 0.29) is 12.2 Å². The second kappa shape index (κ2) is 7.70. The molecule has 1 aromatic rings. The first kappa shape index (κ1) is 20.0. The van der Waals surface area contributed by atoms with E-state index in [1.54, 1.807) is 9.80 Å². The van der Waals surface area contributed by atoms with E-state index in [1.807, 2.05) is 32.9 Å². The molecule has 2 aliphatic heterocycles. The van der Waals surface area contributed by atoms with Crippen LogP contribution in [-0.2, 0) is 15.9 Å². The number of ether oxygens (including phenoxy) is 2. The molecule has 0 unspecified atom stereocenters. The minimum atomic E-state index is -0.504. The molecule has 0 aliphatic carbocycles. The van der Waals surface area contributed by atoms with Crippen LogP contribution >= 0.6 is 15.9 Å². The molecule has 6 nitrogen and oxygen atoms in total. The van der Waals surface area contributed by atoms with Gasteiger partial charge in [-0.3, -0.25) is 0 Å². The lowest BCUT2D eigenvalue weighted by atomic mass is 9.91. The summed E-state index contributed by atoms with van der Waals surface area (Å²) in [4.78, 5) is 28.0. The van der Waals surface area contributed by atoms with Crippen LogP contribution in [0.4, 0.5) is 9.59 Å². The van der Waals surface area contributed by atoms with Gasteiger partial charge >= 0.3 is 12.2 Å². The summed E-state index contributed by atoms with van der Waals surface area (Å²) < 4.78 is 12.2. The predicted molar refractivity (Wildman–Crippen MR) is 106 cm³/mol. The Labute approximate surface area is 168 Å². The topological polar surface area (TPSA) is 59.1 Å². The van der Waals surface area contributed by atoms with Crippen LogP contribution in [0.3, 0.4) is 0 Å². The van der Waals surface area contributed by atoms with Gasteiger partial charge in [-0.15, -0.1) is 0 Å². The highest BCUT2D eigenvalue weighted by Crippen LogP contribution is 2.33. The fraction of sp³-hybridized carbons (Fsp3) is 0.600. The summed E-state index contributed by atoms with van der Waals surface area (Å²) in [5.74, 6) is 0. The maximum atomic E-state index is 12.3. The molecule has 0 radical (unpaired) electrons. The van der Waals surface area contributed by atoms with Crippen LogP contribution in [0, 0.1) is 0 Å². The molecule has 0 atom stereocenters. The monoisotopic (exact) mass is 438 g/mol. The number of nitrogens with zero attached hydrogens (tertiary/aromatic N) is 2. The first-order valence-electron chi connectivity index (χ1n) is 9.36. The molecule has 3 rings (SSSR count). The van der Waals surface area contributed by atoms with E-state index < -0.39 is 11.2 Å². The number of hydrogen-bond acceptors (Lipinski definition) is 4. The number of carbonyl (C=O) groups is 2. The summed E-state index contributed by atoms with van der Waals surface area (Å²) in [6, 6.07) is 8.12. The van der Waals surface area contributed by atoms with Gasteiger partial charge in [0.25, 0.3) is 0 Å². The van der Waals surface area contributed by atoms with Crippen molar-refractivity contribution in [2.45, 2.75) is 51.2 Å². The number of benzene rings is 1. The largest absolute Gasteiger partial charge is 0.444 e. The summed E-state index contributed by atoms with van der Waals surface area (Å²) in [5, 5.41) is 0. The molecule has 2 fully saturated rings. The SMILES string of the molecule is CC(C)(C)OC(=O)N1CCC2(CC1)CN(CCc1ccc(Br)cc1)C(=O)O2. The van der Waals surface area contributed by atoms with Crippen molar-refractivity contribution in [3.63, 3.8) is 0 Å². The molecule has 0 bridgehead atoms. The molecule has 2 saturated heterocycles. The van der Waals surface area contributed by atoms with Gasteiger partial charge in [0.05, 0.1) is 6.54 Å². The predicted octanol–water partition coefficient (Wildman–Crippen LogP) is 4.21. The Hall–Kier alpha value is -1.76. The standard InChI is InChI=1S/C20H27BrN2O4/c1-19(2,3)26-17(24)22-12-9-20(10-13-22)14-23(18(25)27-20)11-8-15-4-6-16(21)7-5-15/h4-7H,8-14H2,1-3H3. The summed E-state index contributed by atoms with van der Waals surface area (Å²) in [6.45, 7) is 7.89. The second-order valence-electron chi connectivity index (χ2n) is 8.32. The molecular formula is C20H27BrN2O4. The Balaban J connectivity index is 1.51. The number of rotatable bonds is 3. The molecule has 148 valence electrons. The van der Waals surface area contributed by atoms with E-state index in [2.05, 4.69) is 28.1 Å². The minimum Gasteiger partial charge on any atom is -0.444 e. The third-order valence-corrected chi connectivity index (χ3v) is 5.48. The Morgan fingerprint density at radius 1 is 1.22 bits per heavy atom. The summed E-state index contributed by atoms with van der Waals surface area (Å²) in [6.07, 6.45) is 1.54. The highest BCUT2D eigenvalue weighted by molar-refractivity contribution is 9.10. The maximum Gasteiger partial charge on any atom is 0.410 e. The minimum absolute atomic E-state index is 0.252. The van der Waals surface area contributed by atoms with Gasteiger partial charge < -0.3 is 19.3 Å². The molecule has 0 saturated carbocycles. The van der Waals surface area contributed by atoms with Gasteiger partial charge in [0.2, 0.25) is 0 Å². The van der Waals surface area contributed by atoms with Crippen LogP contribution in [-0.4, -0.2) is 59.4 Å². The molecule has 0 aromatic heterocycles. The number of hydrogen-bond donors (Lipinski definition) is 0. The van der Waals surface area contributed by atoms with Gasteiger partial charge in [-0.05, 0) is 44.9 Å². The van der Waals surface area contributed by atoms with Crippen molar-refractivity contribution in [3.05, 3.63) is 34.3 Å². The van der Waals surface area contributed by atoms with Crippen LogP contribution in [0.25, 0.3) is 0 Å². The van der Waals surface area contributed by atoms with E-state index >= 15 is 0 Å². The average molecular weight is 439 g/mol. The lowest BCUT2D eigenvalue weighted by molar-refractivity contribution is -0.0170. The highest BCUT2D eigenvalue weighted by Gasteiger charge is 2.47. The van der Waals surface area contributed by atoms with E-state index in [9.17, 15) is 9.59 Å². The van der Waals surface area contributed by atoms with Crippen molar-refractivity contribution in [1.82, 2.24) is 9.80 Å². The maximum absolute atomic E-state index is 12.3. The molecule has 7 heteroatoms. The smallest absolute Gasteiger partial charge is 0.410 e. The molecule has 1 aromatic carbocycles. The van der Waals surface area contributed by atoms with Crippen molar-refractivity contribution >= 4 is 28.1 Å². The van der Waals surface area contributed by atoms with E-state index in [4.69, 9.17) is 9.47 Å². The molecule has 1 spiro atoms. The zero-order valence-corrected chi connectivity index (χ0v) is 17.8. The lowest BCUT2D eigenvalue weighted by Gasteiger charge is -2.37. The number of likely N-dealkylation sites (tertiary alicyclic amines) is 1. The Kier molecular flexibility index (Phi) is 5.70. The number of halogens is 1. The summed E-state index contributed by atoms with van der Waals surface area (Å²) >= 11 is 3.43. The number of amides is 2. The van der Waals surface area contributed by atoms with Crippen molar-refractivity contribution in [2.24, 2.45) is 0 Å². The fourth-order valence-corrected chi connectivity index (χ4v) is 3.73. The summed E-state index contributed by atoms with van der Waals surface area (Å²) in [7, 11) is 0. The van der Waals surface area contributed by atoms with E-state index in [0.717, 1.165) is 10.9 Å². The molecule has 27 heavy (non-hydrogen) atoms. The van der Waals surface area contributed by atoms with Gasteiger partial charge in [-0.1, -0.05) is 28.1 Å². The third kappa shape index (κ3) is 5.15. The lowest BCUT2D eigenvalue weighted by Crippen LogP contribution is -2.49. The van der Waals surface area contributed by atoms with Crippen molar-refractivity contribution in [1.29, 1.82) is 0 Å². The van der Waals surface area contributed by atoms with E-state index in [1.165, 1.54) is 5.56 Å². The van der Waals surface area contributed by atoms with E-state index in [0.29, 0.717) is 39.0 Å². The summed E-state index contributed by atoms with van der Waals surface area (Å²) in [5.41, 5.74) is 0.206. The van der Waals surface area contributed by atoms with Gasteiger partial charge in [-0.2, -0.15) is 0 Å². The Bertz CT molecular complexity index is 691. The van der Waals surface area contributed by atoms with Crippen LogP contribution in [0.1, 0.15) is 39.2 Å². The molecule has 2 aliphatic rings.